The van der Waals surface area contributed by atoms with Gasteiger partial charge in [0, 0.05) is 19.3 Å². The number of halogens is 2. The monoisotopic (exact) mass is 248 g/mol. The van der Waals surface area contributed by atoms with E-state index in [2.05, 4.69) is 9.88 Å². The first-order valence-electron chi connectivity index (χ1n) is 4.80. The van der Waals surface area contributed by atoms with Crippen molar-refractivity contribution in [3.05, 3.63) is 28.0 Å². The maximum absolute atomic E-state index is 8.84. The normalized spacial score (nSPS) is 11.0. The molecule has 1 heterocycles. The van der Waals surface area contributed by atoms with Gasteiger partial charge < -0.3 is 5.11 Å². The number of hydrogen-bond acceptors (Lipinski definition) is 3. The Morgan fingerprint density at radius 3 is 2.73 bits per heavy atom. The number of pyridine rings is 1. The minimum atomic E-state index is 0.138. The van der Waals surface area contributed by atoms with Gasteiger partial charge in [0.2, 0.25) is 0 Å². The topological polar surface area (TPSA) is 36.4 Å². The Morgan fingerprint density at radius 1 is 1.47 bits per heavy atom. The van der Waals surface area contributed by atoms with Crippen LogP contribution in [0.4, 0.5) is 0 Å². The molecule has 0 fully saturated rings. The molecule has 0 saturated heterocycles. The molecule has 0 radical (unpaired) electrons. The zero-order valence-electron chi connectivity index (χ0n) is 8.58. The van der Waals surface area contributed by atoms with Crippen molar-refractivity contribution in [2.75, 3.05) is 19.7 Å². The number of likely N-dealkylation sites (N-methyl/N-ethyl adjacent to an activating group) is 1. The molecular weight excluding hydrogens is 235 g/mol. The SMILES string of the molecule is CCN(CCO)Cc1ncc(Cl)cc1Cl. The van der Waals surface area contributed by atoms with Crippen LogP contribution in [0.1, 0.15) is 12.6 Å². The van der Waals surface area contributed by atoms with E-state index in [1.807, 2.05) is 6.92 Å². The van der Waals surface area contributed by atoms with Crippen LogP contribution in [0.15, 0.2) is 12.3 Å². The number of rotatable bonds is 5. The van der Waals surface area contributed by atoms with Gasteiger partial charge in [0.05, 0.1) is 22.3 Å². The van der Waals surface area contributed by atoms with E-state index in [0.29, 0.717) is 23.1 Å². The third-order valence-electron chi connectivity index (χ3n) is 2.12. The lowest BCUT2D eigenvalue weighted by Gasteiger charge is -2.18. The van der Waals surface area contributed by atoms with E-state index in [9.17, 15) is 0 Å². The molecule has 0 aromatic carbocycles. The number of aliphatic hydroxyl groups is 1. The summed E-state index contributed by atoms with van der Waals surface area (Å²) in [6.07, 6.45) is 1.58. The van der Waals surface area contributed by atoms with Gasteiger partial charge in [-0.3, -0.25) is 9.88 Å². The van der Waals surface area contributed by atoms with Gasteiger partial charge in [-0.2, -0.15) is 0 Å². The standard InChI is InChI=1S/C10H14Cl2N2O/c1-2-14(3-4-15)7-10-9(12)5-8(11)6-13-10/h5-6,15H,2-4,7H2,1H3. The molecule has 1 rings (SSSR count). The molecule has 84 valence electrons. The van der Waals surface area contributed by atoms with E-state index in [4.69, 9.17) is 28.3 Å². The van der Waals surface area contributed by atoms with Crippen molar-refractivity contribution in [1.82, 2.24) is 9.88 Å². The first kappa shape index (κ1) is 12.7. The Labute approximate surface area is 99.6 Å². The van der Waals surface area contributed by atoms with Crippen LogP contribution >= 0.6 is 23.2 Å². The Kier molecular flexibility index (Phi) is 5.32. The molecule has 5 heteroatoms. The third-order valence-corrected chi connectivity index (χ3v) is 2.65. The fourth-order valence-electron chi connectivity index (χ4n) is 1.26. The summed E-state index contributed by atoms with van der Waals surface area (Å²) in [5.74, 6) is 0. The van der Waals surface area contributed by atoms with Crippen LogP contribution < -0.4 is 0 Å². The summed E-state index contributed by atoms with van der Waals surface area (Å²) >= 11 is 11.7. The molecule has 1 aromatic heterocycles. The lowest BCUT2D eigenvalue weighted by atomic mass is 10.3. The summed E-state index contributed by atoms with van der Waals surface area (Å²) in [4.78, 5) is 6.22. The average molecular weight is 249 g/mol. The van der Waals surface area contributed by atoms with Crippen LogP contribution in [0.3, 0.4) is 0 Å². The van der Waals surface area contributed by atoms with Crippen molar-refractivity contribution in [1.29, 1.82) is 0 Å². The highest BCUT2D eigenvalue weighted by atomic mass is 35.5. The summed E-state index contributed by atoms with van der Waals surface area (Å²) in [6.45, 7) is 4.27. The van der Waals surface area contributed by atoms with Crippen LogP contribution in [0.25, 0.3) is 0 Å². The zero-order valence-corrected chi connectivity index (χ0v) is 10.1. The first-order valence-corrected chi connectivity index (χ1v) is 5.56. The quantitative estimate of drug-likeness (QED) is 0.869. The summed E-state index contributed by atoms with van der Waals surface area (Å²) in [6, 6.07) is 1.68. The number of aromatic nitrogens is 1. The van der Waals surface area contributed by atoms with Crippen molar-refractivity contribution >= 4 is 23.2 Å². The molecule has 0 bridgehead atoms. The molecule has 0 amide bonds. The van der Waals surface area contributed by atoms with Crippen LogP contribution in [0.5, 0.6) is 0 Å². The van der Waals surface area contributed by atoms with E-state index in [-0.39, 0.29) is 6.61 Å². The molecule has 15 heavy (non-hydrogen) atoms. The van der Waals surface area contributed by atoms with Crippen molar-refractivity contribution in [2.24, 2.45) is 0 Å². The summed E-state index contributed by atoms with van der Waals surface area (Å²) in [7, 11) is 0. The van der Waals surface area contributed by atoms with E-state index < -0.39 is 0 Å². The smallest absolute Gasteiger partial charge is 0.0730 e. The van der Waals surface area contributed by atoms with Crippen molar-refractivity contribution < 1.29 is 5.11 Å². The van der Waals surface area contributed by atoms with Crippen molar-refractivity contribution in [3.63, 3.8) is 0 Å². The Balaban J connectivity index is 2.70. The average Bonchev–Trinajstić information content (AvgIpc) is 2.21. The Hall–Kier alpha value is -0.350. The predicted octanol–water partition coefficient (Wildman–Crippen LogP) is 2.20. The fourth-order valence-corrected chi connectivity index (χ4v) is 1.70. The molecule has 0 aliphatic carbocycles. The van der Waals surface area contributed by atoms with Gasteiger partial charge in [0.15, 0.2) is 0 Å². The number of aliphatic hydroxyl groups excluding tert-OH is 1. The maximum Gasteiger partial charge on any atom is 0.0730 e. The first-order chi connectivity index (χ1) is 7.17. The van der Waals surface area contributed by atoms with Gasteiger partial charge in [-0.25, -0.2) is 0 Å². The van der Waals surface area contributed by atoms with Crippen LogP contribution in [0.2, 0.25) is 10.0 Å². The van der Waals surface area contributed by atoms with Gasteiger partial charge in [-0.15, -0.1) is 0 Å². The molecule has 1 N–H and O–H groups in total. The van der Waals surface area contributed by atoms with Crippen LogP contribution in [-0.4, -0.2) is 34.7 Å². The minimum absolute atomic E-state index is 0.138. The molecule has 0 aliphatic rings. The third kappa shape index (κ3) is 3.95. The molecule has 0 atom stereocenters. The Bertz CT molecular complexity index is 320. The van der Waals surface area contributed by atoms with Gasteiger partial charge >= 0.3 is 0 Å². The van der Waals surface area contributed by atoms with Crippen LogP contribution in [0, 0.1) is 0 Å². The second-order valence-corrected chi connectivity index (χ2v) is 4.02. The van der Waals surface area contributed by atoms with Crippen LogP contribution in [-0.2, 0) is 6.54 Å². The van der Waals surface area contributed by atoms with Crippen molar-refractivity contribution in [2.45, 2.75) is 13.5 Å². The summed E-state index contributed by atoms with van der Waals surface area (Å²) < 4.78 is 0. The maximum atomic E-state index is 8.84. The summed E-state index contributed by atoms with van der Waals surface area (Å²) in [5.41, 5.74) is 0.788. The molecule has 1 aromatic rings. The van der Waals surface area contributed by atoms with Gasteiger partial charge in [-0.05, 0) is 12.6 Å². The number of hydrogen-bond donors (Lipinski definition) is 1. The van der Waals surface area contributed by atoms with E-state index in [0.717, 1.165) is 12.2 Å². The largest absolute Gasteiger partial charge is 0.395 e. The molecule has 3 nitrogen and oxygen atoms in total. The molecule has 0 unspecified atom stereocenters. The molecule has 0 saturated carbocycles. The van der Waals surface area contributed by atoms with Crippen molar-refractivity contribution in [3.8, 4) is 0 Å². The minimum Gasteiger partial charge on any atom is -0.395 e. The summed E-state index contributed by atoms with van der Waals surface area (Å²) in [5, 5.41) is 9.95. The highest BCUT2D eigenvalue weighted by Crippen LogP contribution is 2.19. The number of nitrogens with zero attached hydrogens (tertiary/aromatic N) is 2. The van der Waals surface area contributed by atoms with Gasteiger partial charge in [0.1, 0.15) is 0 Å². The Morgan fingerprint density at radius 2 is 2.20 bits per heavy atom. The highest BCUT2D eigenvalue weighted by Gasteiger charge is 2.08. The zero-order chi connectivity index (χ0) is 11.3. The van der Waals surface area contributed by atoms with Gasteiger partial charge in [0.25, 0.3) is 0 Å². The van der Waals surface area contributed by atoms with Gasteiger partial charge in [-0.1, -0.05) is 30.1 Å². The highest BCUT2D eigenvalue weighted by molar-refractivity contribution is 6.34. The van der Waals surface area contributed by atoms with E-state index in [1.165, 1.54) is 0 Å². The molecular formula is C10H14Cl2N2O. The van der Waals surface area contributed by atoms with E-state index in [1.54, 1.807) is 12.3 Å². The molecule has 0 aliphatic heterocycles. The van der Waals surface area contributed by atoms with E-state index >= 15 is 0 Å². The lowest BCUT2D eigenvalue weighted by molar-refractivity contribution is 0.195. The second kappa shape index (κ2) is 6.28. The predicted molar refractivity (Wildman–Crippen MR) is 62.3 cm³/mol. The molecule has 0 spiro atoms. The second-order valence-electron chi connectivity index (χ2n) is 3.17. The lowest BCUT2D eigenvalue weighted by Crippen LogP contribution is -2.26. The fraction of sp³-hybridized carbons (Fsp3) is 0.500.